The highest BCUT2D eigenvalue weighted by Gasteiger charge is 2.13. The zero-order valence-corrected chi connectivity index (χ0v) is 12.7. The smallest absolute Gasteiger partial charge is 0.374 e. The van der Waals surface area contributed by atoms with Crippen LogP contribution in [0.4, 0.5) is 0 Å². The van der Waals surface area contributed by atoms with Crippen molar-refractivity contribution < 1.29 is 13.9 Å². The van der Waals surface area contributed by atoms with Crippen molar-refractivity contribution in [3.8, 4) is 0 Å². The van der Waals surface area contributed by atoms with Gasteiger partial charge in [0.1, 0.15) is 12.2 Å². The summed E-state index contributed by atoms with van der Waals surface area (Å²) < 4.78 is 11.8. The van der Waals surface area contributed by atoms with E-state index in [4.69, 9.17) is 9.15 Å². The molecule has 20 heavy (non-hydrogen) atoms. The Morgan fingerprint density at radius 3 is 2.70 bits per heavy atom. The summed E-state index contributed by atoms with van der Waals surface area (Å²) in [4.78, 5) is 12.0. The van der Waals surface area contributed by atoms with Crippen LogP contribution in [0, 0.1) is 3.57 Å². The molecule has 0 saturated heterocycles. The number of benzene rings is 2. The molecule has 2 aromatic carbocycles. The number of hydrogen-bond donors (Lipinski definition) is 0. The monoisotopic (exact) mass is 378 g/mol. The van der Waals surface area contributed by atoms with E-state index in [9.17, 15) is 4.79 Å². The first-order chi connectivity index (χ1) is 9.72. The molecule has 0 radical (unpaired) electrons. The van der Waals surface area contributed by atoms with Crippen LogP contribution < -0.4 is 0 Å². The Morgan fingerprint density at radius 2 is 1.90 bits per heavy atom. The van der Waals surface area contributed by atoms with Crippen LogP contribution in [0.2, 0.25) is 0 Å². The van der Waals surface area contributed by atoms with E-state index in [0.717, 1.165) is 14.5 Å². The molecule has 3 nitrogen and oxygen atoms in total. The number of ether oxygens (including phenoxy) is 1. The molecule has 4 heteroatoms. The highest BCUT2D eigenvalue weighted by molar-refractivity contribution is 14.1. The van der Waals surface area contributed by atoms with E-state index in [1.54, 1.807) is 6.07 Å². The molecule has 0 spiro atoms. The second kappa shape index (κ2) is 5.66. The summed E-state index contributed by atoms with van der Waals surface area (Å²) in [6.45, 7) is 0.244. The van der Waals surface area contributed by atoms with Crippen molar-refractivity contribution in [1.82, 2.24) is 0 Å². The van der Waals surface area contributed by atoms with Crippen LogP contribution in [-0.2, 0) is 11.3 Å². The van der Waals surface area contributed by atoms with Crippen LogP contribution in [0.3, 0.4) is 0 Å². The van der Waals surface area contributed by atoms with Crippen molar-refractivity contribution in [3.63, 3.8) is 0 Å². The number of rotatable bonds is 3. The molecule has 1 aromatic heterocycles. The van der Waals surface area contributed by atoms with Crippen molar-refractivity contribution in [1.29, 1.82) is 0 Å². The summed E-state index contributed by atoms with van der Waals surface area (Å²) in [6, 6.07) is 17.0. The van der Waals surface area contributed by atoms with Crippen molar-refractivity contribution in [2.24, 2.45) is 0 Å². The van der Waals surface area contributed by atoms with Gasteiger partial charge in [0.05, 0.1) is 0 Å². The molecule has 0 unspecified atom stereocenters. The maximum absolute atomic E-state index is 12.0. The minimum atomic E-state index is -0.444. The molecule has 0 amide bonds. The molecule has 0 N–H and O–H groups in total. The number of fused-ring (bicyclic) bond motifs is 1. The molecule has 0 aliphatic rings. The summed E-state index contributed by atoms with van der Waals surface area (Å²) in [5.74, 6) is -0.210. The van der Waals surface area contributed by atoms with Crippen molar-refractivity contribution in [2.75, 3.05) is 0 Å². The van der Waals surface area contributed by atoms with E-state index in [-0.39, 0.29) is 12.4 Å². The molecular formula is C16H11IO3. The Kier molecular flexibility index (Phi) is 3.73. The number of hydrogen-bond acceptors (Lipinski definition) is 3. The Bertz CT molecular complexity index is 747. The fourth-order valence-corrected chi connectivity index (χ4v) is 2.42. The van der Waals surface area contributed by atoms with Gasteiger partial charge in [-0.25, -0.2) is 4.79 Å². The van der Waals surface area contributed by atoms with Crippen LogP contribution >= 0.6 is 22.6 Å². The van der Waals surface area contributed by atoms with Gasteiger partial charge in [0.2, 0.25) is 5.76 Å². The number of halogens is 1. The predicted molar refractivity (Wildman–Crippen MR) is 84.5 cm³/mol. The first kappa shape index (κ1) is 13.2. The van der Waals surface area contributed by atoms with Crippen LogP contribution in [0.15, 0.2) is 59.0 Å². The second-order valence-electron chi connectivity index (χ2n) is 4.35. The van der Waals surface area contributed by atoms with E-state index in [1.165, 1.54) is 0 Å². The minimum absolute atomic E-state index is 0.234. The third-order valence-electron chi connectivity index (χ3n) is 2.89. The van der Waals surface area contributed by atoms with E-state index in [0.29, 0.717) is 5.58 Å². The zero-order chi connectivity index (χ0) is 13.9. The molecule has 0 atom stereocenters. The van der Waals surface area contributed by atoms with Gasteiger partial charge in [0, 0.05) is 8.96 Å². The van der Waals surface area contributed by atoms with Gasteiger partial charge in [-0.15, -0.1) is 0 Å². The Hall–Kier alpha value is -1.82. The predicted octanol–water partition coefficient (Wildman–Crippen LogP) is 4.39. The number of furan rings is 1. The largest absolute Gasteiger partial charge is 0.455 e. The molecule has 0 bridgehead atoms. The SMILES string of the molecule is O=C(OCc1ccccc1)c1cc2cc(I)ccc2o1. The fourth-order valence-electron chi connectivity index (χ4n) is 1.91. The molecule has 3 rings (SSSR count). The van der Waals surface area contributed by atoms with Crippen molar-refractivity contribution in [3.05, 3.63) is 69.5 Å². The topological polar surface area (TPSA) is 39.4 Å². The molecule has 3 aromatic rings. The Morgan fingerprint density at radius 1 is 1.10 bits per heavy atom. The average Bonchev–Trinajstić information content (AvgIpc) is 2.89. The number of carbonyl (C=O) groups excluding carboxylic acids is 1. The standard InChI is InChI=1S/C16H11IO3/c17-13-6-7-14-12(8-13)9-15(20-14)16(18)19-10-11-4-2-1-3-5-11/h1-9H,10H2. The van der Waals surface area contributed by atoms with E-state index in [1.807, 2.05) is 48.5 Å². The third kappa shape index (κ3) is 2.85. The number of carbonyl (C=O) groups is 1. The molecule has 0 fully saturated rings. The molecule has 0 aliphatic carbocycles. The van der Waals surface area contributed by atoms with Crippen LogP contribution in [0.5, 0.6) is 0 Å². The first-order valence-corrected chi connectivity index (χ1v) is 7.20. The van der Waals surface area contributed by atoms with Crippen molar-refractivity contribution in [2.45, 2.75) is 6.61 Å². The molecule has 1 heterocycles. The maximum atomic E-state index is 12.0. The normalized spacial score (nSPS) is 10.7. The van der Waals surface area contributed by atoms with Gasteiger partial charge >= 0.3 is 5.97 Å². The minimum Gasteiger partial charge on any atom is -0.455 e. The van der Waals surface area contributed by atoms with Gasteiger partial charge in [-0.2, -0.15) is 0 Å². The number of esters is 1. The molecule has 100 valence electrons. The average molecular weight is 378 g/mol. The van der Waals surface area contributed by atoms with Gasteiger partial charge in [0.15, 0.2) is 0 Å². The fraction of sp³-hybridized carbons (Fsp3) is 0.0625. The quantitative estimate of drug-likeness (QED) is 0.501. The lowest BCUT2D eigenvalue weighted by Crippen LogP contribution is -2.03. The van der Waals surface area contributed by atoms with E-state index >= 15 is 0 Å². The van der Waals surface area contributed by atoms with E-state index < -0.39 is 5.97 Å². The van der Waals surface area contributed by atoms with Crippen LogP contribution in [0.1, 0.15) is 16.1 Å². The molecule has 0 aliphatic heterocycles. The summed E-state index contributed by atoms with van der Waals surface area (Å²) >= 11 is 2.22. The molecule has 0 saturated carbocycles. The second-order valence-corrected chi connectivity index (χ2v) is 5.60. The first-order valence-electron chi connectivity index (χ1n) is 6.12. The summed E-state index contributed by atoms with van der Waals surface area (Å²) in [5.41, 5.74) is 1.64. The van der Waals surface area contributed by atoms with Gasteiger partial charge in [-0.1, -0.05) is 30.3 Å². The third-order valence-corrected chi connectivity index (χ3v) is 3.56. The van der Waals surface area contributed by atoms with Crippen LogP contribution in [-0.4, -0.2) is 5.97 Å². The Labute approximate surface area is 129 Å². The molecular weight excluding hydrogens is 367 g/mol. The lowest BCUT2D eigenvalue weighted by atomic mass is 10.2. The van der Waals surface area contributed by atoms with Crippen LogP contribution in [0.25, 0.3) is 11.0 Å². The highest BCUT2D eigenvalue weighted by Crippen LogP contribution is 2.22. The summed E-state index contributed by atoms with van der Waals surface area (Å²) in [7, 11) is 0. The summed E-state index contributed by atoms with van der Waals surface area (Å²) in [5, 5.41) is 0.906. The van der Waals surface area contributed by atoms with Gasteiger partial charge in [-0.05, 0) is 52.4 Å². The lowest BCUT2D eigenvalue weighted by molar-refractivity contribution is 0.0439. The van der Waals surface area contributed by atoms with Gasteiger partial charge in [-0.3, -0.25) is 0 Å². The van der Waals surface area contributed by atoms with Crippen molar-refractivity contribution >= 4 is 39.5 Å². The van der Waals surface area contributed by atoms with Gasteiger partial charge < -0.3 is 9.15 Å². The zero-order valence-electron chi connectivity index (χ0n) is 10.5. The maximum Gasteiger partial charge on any atom is 0.374 e. The highest BCUT2D eigenvalue weighted by atomic mass is 127. The lowest BCUT2D eigenvalue weighted by Gasteiger charge is -2.02. The van der Waals surface area contributed by atoms with E-state index in [2.05, 4.69) is 22.6 Å². The summed E-state index contributed by atoms with van der Waals surface area (Å²) in [6.07, 6.45) is 0. The van der Waals surface area contributed by atoms with Gasteiger partial charge in [0.25, 0.3) is 0 Å². The Balaban J connectivity index is 1.75.